The van der Waals surface area contributed by atoms with E-state index >= 15 is 0 Å². The molecule has 0 radical (unpaired) electrons. The van der Waals surface area contributed by atoms with Crippen LogP contribution in [0.3, 0.4) is 0 Å². The maximum atomic E-state index is 10.3. The average Bonchev–Trinajstić information content (AvgIpc) is 2.27. The second-order valence-electron chi connectivity index (χ2n) is 7.22. The van der Waals surface area contributed by atoms with Crippen LogP contribution in [0.2, 0.25) is 0 Å². The fraction of sp³-hybridized carbons (Fsp3) is 1.00. The molecule has 114 valence electrons. The molecule has 4 nitrogen and oxygen atoms in total. The average molecular weight is 274 g/mol. The molecule has 0 aromatic rings. The minimum absolute atomic E-state index is 0.0796. The van der Waals surface area contributed by atoms with E-state index in [4.69, 9.17) is 9.47 Å². The van der Waals surface area contributed by atoms with Gasteiger partial charge in [-0.3, -0.25) is 0 Å². The molecule has 4 atom stereocenters. The Hall–Kier alpha value is -0.160. The lowest BCUT2D eigenvalue weighted by Crippen LogP contribution is -2.55. The Morgan fingerprint density at radius 1 is 1.21 bits per heavy atom. The van der Waals surface area contributed by atoms with E-state index in [9.17, 15) is 10.2 Å². The third kappa shape index (κ3) is 4.42. The van der Waals surface area contributed by atoms with E-state index in [0.717, 1.165) is 6.42 Å². The quantitative estimate of drug-likeness (QED) is 0.824. The van der Waals surface area contributed by atoms with Crippen molar-refractivity contribution >= 4 is 0 Å². The Morgan fingerprint density at radius 3 is 2.21 bits per heavy atom. The first-order valence-corrected chi connectivity index (χ1v) is 7.23. The van der Waals surface area contributed by atoms with Gasteiger partial charge in [-0.1, -0.05) is 27.7 Å². The Balaban J connectivity index is 2.77. The molecule has 0 amide bonds. The SMILES string of the molecule is CCC(C)(C)O[C@H]1C[C@H](O)C(C(C)(C)C)OC1CO. The molecule has 1 rings (SSSR count). The maximum absolute atomic E-state index is 10.3. The van der Waals surface area contributed by atoms with Crippen molar-refractivity contribution in [2.45, 2.75) is 84.4 Å². The third-order valence-corrected chi connectivity index (χ3v) is 3.91. The van der Waals surface area contributed by atoms with E-state index in [0.29, 0.717) is 6.42 Å². The van der Waals surface area contributed by atoms with Gasteiger partial charge < -0.3 is 19.7 Å². The van der Waals surface area contributed by atoms with Gasteiger partial charge in [0.25, 0.3) is 0 Å². The van der Waals surface area contributed by atoms with Crippen LogP contribution < -0.4 is 0 Å². The van der Waals surface area contributed by atoms with Gasteiger partial charge in [-0.15, -0.1) is 0 Å². The first-order chi connectivity index (χ1) is 8.60. The Bertz CT molecular complexity index is 282. The van der Waals surface area contributed by atoms with Crippen LogP contribution in [0.4, 0.5) is 0 Å². The molecule has 19 heavy (non-hydrogen) atoms. The molecule has 0 aromatic heterocycles. The van der Waals surface area contributed by atoms with Gasteiger partial charge in [0, 0.05) is 6.42 Å². The van der Waals surface area contributed by atoms with Crippen molar-refractivity contribution in [3.05, 3.63) is 0 Å². The Labute approximate surface area is 117 Å². The minimum Gasteiger partial charge on any atom is -0.394 e. The summed E-state index contributed by atoms with van der Waals surface area (Å²) in [6, 6.07) is 0. The van der Waals surface area contributed by atoms with Crippen molar-refractivity contribution in [2.24, 2.45) is 5.41 Å². The number of rotatable bonds is 4. The topological polar surface area (TPSA) is 58.9 Å². The van der Waals surface area contributed by atoms with Crippen molar-refractivity contribution in [1.82, 2.24) is 0 Å². The molecule has 0 spiro atoms. The highest BCUT2D eigenvalue weighted by Gasteiger charge is 2.44. The molecular weight excluding hydrogens is 244 g/mol. The van der Waals surface area contributed by atoms with Gasteiger partial charge in [0.2, 0.25) is 0 Å². The number of aliphatic hydroxyl groups is 2. The van der Waals surface area contributed by atoms with E-state index in [1.807, 2.05) is 34.6 Å². The largest absolute Gasteiger partial charge is 0.394 e. The fourth-order valence-corrected chi connectivity index (χ4v) is 2.44. The second kappa shape index (κ2) is 6.08. The summed E-state index contributed by atoms with van der Waals surface area (Å²) in [6.45, 7) is 12.1. The number of hydrogen-bond donors (Lipinski definition) is 2. The predicted octanol–water partition coefficient (Wildman–Crippen LogP) is 2.12. The van der Waals surface area contributed by atoms with Crippen LogP contribution in [0.15, 0.2) is 0 Å². The van der Waals surface area contributed by atoms with E-state index in [-0.39, 0.29) is 35.9 Å². The first kappa shape index (κ1) is 16.9. The highest BCUT2D eigenvalue weighted by molar-refractivity contribution is 4.92. The summed E-state index contributed by atoms with van der Waals surface area (Å²) in [5.41, 5.74) is -0.423. The van der Waals surface area contributed by atoms with Gasteiger partial charge in [-0.05, 0) is 25.7 Å². The molecule has 0 bridgehead atoms. The van der Waals surface area contributed by atoms with Crippen molar-refractivity contribution in [1.29, 1.82) is 0 Å². The lowest BCUT2D eigenvalue weighted by Gasteiger charge is -2.46. The zero-order valence-corrected chi connectivity index (χ0v) is 13.1. The summed E-state index contributed by atoms with van der Waals surface area (Å²) in [5.74, 6) is 0. The predicted molar refractivity (Wildman–Crippen MR) is 75.1 cm³/mol. The molecule has 1 saturated heterocycles. The van der Waals surface area contributed by atoms with Gasteiger partial charge in [-0.25, -0.2) is 0 Å². The van der Waals surface area contributed by atoms with E-state index < -0.39 is 6.10 Å². The molecule has 1 fully saturated rings. The molecule has 0 aromatic carbocycles. The van der Waals surface area contributed by atoms with Crippen LogP contribution in [0.5, 0.6) is 0 Å². The van der Waals surface area contributed by atoms with Crippen LogP contribution >= 0.6 is 0 Å². The number of ether oxygens (including phenoxy) is 2. The summed E-state index contributed by atoms with van der Waals surface area (Å²) < 4.78 is 11.9. The summed E-state index contributed by atoms with van der Waals surface area (Å²) in [6.07, 6.45) is -0.0569. The van der Waals surface area contributed by atoms with Crippen LogP contribution in [0.25, 0.3) is 0 Å². The lowest BCUT2D eigenvalue weighted by atomic mass is 9.81. The molecular formula is C15H30O4. The second-order valence-corrected chi connectivity index (χ2v) is 7.22. The van der Waals surface area contributed by atoms with Gasteiger partial charge >= 0.3 is 0 Å². The lowest BCUT2D eigenvalue weighted by molar-refractivity contribution is -0.238. The van der Waals surface area contributed by atoms with Crippen molar-refractivity contribution < 1.29 is 19.7 Å². The standard InChI is InChI=1S/C15H30O4/c1-7-15(5,6)19-11-8-10(17)13(14(2,3)4)18-12(11)9-16/h10-13,16-17H,7-9H2,1-6H3/t10-,11-,12?,13?/m0/s1. The highest BCUT2D eigenvalue weighted by Crippen LogP contribution is 2.35. The van der Waals surface area contributed by atoms with E-state index in [1.54, 1.807) is 0 Å². The molecule has 2 unspecified atom stereocenters. The molecule has 4 heteroatoms. The molecule has 0 saturated carbocycles. The monoisotopic (exact) mass is 274 g/mol. The molecule has 1 aliphatic heterocycles. The molecule has 1 aliphatic rings. The highest BCUT2D eigenvalue weighted by atomic mass is 16.6. The Kier molecular flexibility index (Phi) is 5.41. The normalized spacial score (nSPS) is 33.5. The van der Waals surface area contributed by atoms with Crippen LogP contribution in [0.1, 0.15) is 54.4 Å². The van der Waals surface area contributed by atoms with Gasteiger partial charge in [0.05, 0.1) is 30.5 Å². The summed E-state index contributed by atoms with van der Waals surface area (Å²) >= 11 is 0. The van der Waals surface area contributed by atoms with Crippen LogP contribution in [-0.2, 0) is 9.47 Å². The van der Waals surface area contributed by atoms with Gasteiger partial charge in [0.15, 0.2) is 0 Å². The van der Waals surface area contributed by atoms with Crippen LogP contribution in [-0.4, -0.2) is 46.8 Å². The fourth-order valence-electron chi connectivity index (χ4n) is 2.44. The van der Waals surface area contributed by atoms with Crippen LogP contribution in [0, 0.1) is 5.41 Å². The number of hydrogen-bond acceptors (Lipinski definition) is 4. The van der Waals surface area contributed by atoms with Gasteiger partial charge in [0.1, 0.15) is 6.10 Å². The van der Waals surface area contributed by atoms with Crippen molar-refractivity contribution in [2.75, 3.05) is 6.61 Å². The smallest absolute Gasteiger partial charge is 0.107 e. The molecule has 1 heterocycles. The number of aliphatic hydroxyl groups excluding tert-OH is 2. The molecule has 2 N–H and O–H groups in total. The zero-order chi connectivity index (χ0) is 14.8. The summed E-state index contributed by atoms with van der Waals surface area (Å²) in [4.78, 5) is 0. The zero-order valence-electron chi connectivity index (χ0n) is 13.1. The first-order valence-electron chi connectivity index (χ1n) is 7.23. The van der Waals surface area contributed by atoms with Gasteiger partial charge in [-0.2, -0.15) is 0 Å². The Morgan fingerprint density at radius 2 is 1.79 bits per heavy atom. The molecule has 0 aliphatic carbocycles. The van der Waals surface area contributed by atoms with E-state index in [2.05, 4.69) is 6.92 Å². The maximum Gasteiger partial charge on any atom is 0.107 e. The third-order valence-electron chi connectivity index (χ3n) is 3.91. The van der Waals surface area contributed by atoms with Crippen molar-refractivity contribution in [3.63, 3.8) is 0 Å². The summed E-state index contributed by atoms with van der Waals surface area (Å²) in [7, 11) is 0. The van der Waals surface area contributed by atoms with E-state index in [1.165, 1.54) is 0 Å². The van der Waals surface area contributed by atoms with Crippen molar-refractivity contribution in [3.8, 4) is 0 Å². The summed E-state index contributed by atoms with van der Waals surface area (Å²) in [5, 5.41) is 19.8. The minimum atomic E-state index is -0.555.